The third-order valence-electron chi connectivity index (χ3n) is 5.17. The van der Waals surface area contributed by atoms with E-state index in [0.717, 1.165) is 16.7 Å². The van der Waals surface area contributed by atoms with E-state index in [1.807, 2.05) is 0 Å². The number of ether oxygens (including phenoxy) is 2. The summed E-state index contributed by atoms with van der Waals surface area (Å²) < 4.78 is 26.1. The van der Waals surface area contributed by atoms with Crippen molar-refractivity contribution >= 4 is 86.4 Å². The highest BCUT2D eigenvalue weighted by Crippen LogP contribution is 2.38. The Bertz CT molecular complexity index is 1380. The van der Waals surface area contributed by atoms with Crippen LogP contribution in [0.2, 0.25) is 15.1 Å². The van der Waals surface area contributed by atoms with Crippen molar-refractivity contribution in [1.82, 2.24) is 4.90 Å². The van der Waals surface area contributed by atoms with E-state index in [4.69, 9.17) is 44.3 Å². The number of carbonyl (C=O) groups excluding carboxylic acids is 2. The summed E-state index contributed by atoms with van der Waals surface area (Å²) in [5.41, 5.74) is 1.55. The molecule has 0 radical (unpaired) electrons. The fourth-order valence-electron chi connectivity index (χ4n) is 3.39. The minimum Gasteiger partial charge on any atom is -0.493 e. The van der Waals surface area contributed by atoms with Gasteiger partial charge < -0.3 is 9.47 Å². The number of imide groups is 1. The summed E-state index contributed by atoms with van der Waals surface area (Å²) in [4.78, 5) is 26.9. The molecule has 0 unspecified atom stereocenters. The number of benzene rings is 3. The molecule has 0 atom stereocenters. The average Bonchev–Trinajstić information content (AvgIpc) is 3.09. The highest BCUT2D eigenvalue weighted by atomic mass is 127. The molecule has 0 bridgehead atoms. The van der Waals surface area contributed by atoms with Crippen molar-refractivity contribution in [2.75, 3.05) is 7.11 Å². The van der Waals surface area contributed by atoms with Crippen molar-refractivity contribution < 1.29 is 23.5 Å². The van der Waals surface area contributed by atoms with E-state index in [2.05, 4.69) is 22.6 Å². The second-order valence-corrected chi connectivity index (χ2v) is 10.9. The number of methoxy groups -OCH3 is 1. The third-order valence-corrected chi connectivity index (χ3v) is 7.97. The van der Waals surface area contributed by atoms with Crippen molar-refractivity contribution in [3.05, 3.63) is 94.6 Å². The first-order valence-electron chi connectivity index (χ1n) is 10.3. The fourth-order valence-corrected chi connectivity index (χ4v) is 5.54. The number of hydrogen-bond donors (Lipinski definition) is 0. The first kappa shape index (κ1) is 27.1. The van der Waals surface area contributed by atoms with Crippen LogP contribution in [0.3, 0.4) is 0 Å². The number of rotatable bonds is 7. The molecule has 0 spiro atoms. The molecule has 0 saturated carbocycles. The van der Waals surface area contributed by atoms with Crippen LogP contribution in [0.1, 0.15) is 16.7 Å². The topological polar surface area (TPSA) is 55.8 Å². The van der Waals surface area contributed by atoms with Gasteiger partial charge >= 0.3 is 0 Å². The molecule has 186 valence electrons. The van der Waals surface area contributed by atoms with E-state index in [0.29, 0.717) is 36.2 Å². The Morgan fingerprint density at radius 1 is 1.06 bits per heavy atom. The largest absolute Gasteiger partial charge is 0.493 e. The number of carbonyl (C=O) groups is 2. The average molecular weight is 679 g/mol. The van der Waals surface area contributed by atoms with Crippen molar-refractivity contribution in [1.29, 1.82) is 0 Å². The number of nitrogens with zero attached hydrogens (tertiary/aromatic N) is 1. The van der Waals surface area contributed by atoms with Crippen LogP contribution in [-0.2, 0) is 17.9 Å². The van der Waals surface area contributed by atoms with Gasteiger partial charge in [0.1, 0.15) is 12.4 Å². The Hall–Kier alpha value is -1.98. The normalized spacial score (nSPS) is 14.6. The van der Waals surface area contributed by atoms with Crippen molar-refractivity contribution in [2.24, 2.45) is 0 Å². The lowest BCUT2D eigenvalue weighted by Crippen LogP contribution is -2.27. The van der Waals surface area contributed by atoms with Crippen LogP contribution < -0.4 is 9.47 Å². The summed E-state index contributed by atoms with van der Waals surface area (Å²) in [6, 6.07) is 12.8. The maximum atomic E-state index is 14.1. The number of halogens is 5. The Labute approximate surface area is 239 Å². The van der Waals surface area contributed by atoms with Crippen LogP contribution >= 0.6 is 69.2 Å². The van der Waals surface area contributed by atoms with E-state index in [-0.39, 0.29) is 33.9 Å². The molecule has 3 aromatic carbocycles. The molecule has 1 heterocycles. The van der Waals surface area contributed by atoms with Gasteiger partial charge in [0, 0.05) is 5.56 Å². The minimum atomic E-state index is -0.468. The van der Waals surface area contributed by atoms with Crippen LogP contribution in [0, 0.1) is 9.39 Å². The Morgan fingerprint density at radius 2 is 1.83 bits per heavy atom. The van der Waals surface area contributed by atoms with Crippen LogP contribution in [0.5, 0.6) is 11.5 Å². The van der Waals surface area contributed by atoms with E-state index in [1.165, 1.54) is 19.2 Å². The van der Waals surface area contributed by atoms with Gasteiger partial charge in [0.2, 0.25) is 0 Å². The summed E-state index contributed by atoms with van der Waals surface area (Å²) in [5, 5.41) is 0.609. The Kier molecular flexibility index (Phi) is 8.72. The summed E-state index contributed by atoms with van der Waals surface area (Å²) in [7, 11) is 1.48. The van der Waals surface area contributed by atoms with E-state index in [1.54, 1.807) is 42.5 Å². The molecule has 3 aromatic rings. The Balaban J connectivity index is 1.55. The van der Waals surface area contributed by atoms with Crippen LogP contribution in [0.15, 0.2) is 53.4 Å². The summed E-state index contributed by atoms with van der Waals surface area (Å²) in [6.45, 7) is -0.0179. The molecule has 0 aliphatic carbocycles. The van der Waals surface area contributed by atoms with Crippen molar-refractivity contribution in [2.45, 2.75) is 13.2 Å². The van der Waals surface area contributed by atoms with Gasteiger partial charge in [-0.2, -0.15) is 0 Å². The zero-order valence-electron chi connectivity index (χ0n) is 18.5. The van der Waals surface area contributed by atoms with Gasteiger partial charge in [-0.05, 0) is 88.0 Å². The highest BCUT2D eigenvalue weighted by Gasteiger charge is 2.35. The lowest BCUT2D eigenvalue weighted by Gasteiger charge is -2.15. The predicted octanol–water partition coefficient (Wildman–Crippen LogP) is 8.21. The van der Waals surface area contributed by atoms with Crippen molar-refractivity contribution in [3.63, 3.8) is 0 Å². The molecule has 5 nitrogen and oxygen atoms in total. The maximum Gasteiger partial charge on any atom is 0.293 e. The molecule has 1 aliphatic heterocycles. The standard InChI is InChI=1S/C25H16Cl3FINO4S/c1-34-21-9-14(8-20(30)23(21)35-12-15-16(26)3-2-4-19(15)29)10-22-24(32)31(25(33)36-22)11-13-5-6-17(27)18(28)7-13/h2-10H,11-12H2,1H3/b22-10-. The van der Waals surface area contributed by atoms with Crippen LogP contribution in [0.4, 0.5) is 9.18 Å². The SMILES string of the molecule is COc1cc(/C=C2\SC(=O)N(Cc3ccc(Cl)c(Cl)c3)C2=O)cc(I)c1OCc1c(F)cccc1Cl. The molecular formula is C25H16Cl3FINO4S. The highest BCUT2D eigenvalue weighted by molar-refractivity contribution is 14.1. The quantitative estimate of drug-likeness (QED) is 0.186. The molecule has 0 aromatic heterocycles. The number of hydrogen-bond acceptors (Lipinski definition) is 5. The molecular weight excluding hydrogens is 663 g/mol. The van der Waals surface area contributed by atoms with Gasteiger partial charge in [-0.25, -0.2) is 4.39 Å². The second kappa shape index (κ2) is 11.6. The van der Waals surface area contributed by atoms with E-state index >= 15 is 0 Å². The summed E-state index contributed by atoms with van der Waals surface area (Å²) in [6.07, 6.45) is 1.61. The molecule has 1 aliphatic rings. The van der Waals surface area contributed by atoms with Gasteiger partial charge in [-0.3, -0.25) is 14.5 Å². The van der Waals surface area contributed by atoms with Gasteiger partial charge in [-0.1, -0.05) is 46.9 Å². The van der Waals surface area contributed by atoms with Crippen LogP contribution in [0.25, 0.3) is 6.08 Å². The van der Waals surface area contributed by atoms with Gasteiger partial charge in [0.05, 0.1) is 37.2 Å². The van der Waals surface area contributed by atoms with Gasteiger partial charge in [-0.15, -0.1) is 0 Å². The monoisotopic (exact) mass is 677 g/mol. The summed E-state index contributed by atoms with van der Waals surface area (Å²) in [5.74, 6) is -0.0952. The molecule has 0 N–H and O–H groups in total. The summed E-state index contributed by atoms with van der Waals surface area (Å²) >= 11 is 21.0. The predicted molar refractivity (Wildman–Crippen MR) is 149 cm³/mol. The smallest absolute Gasteiger partial charge is 0.293 e. The zero-order chi connectivity index (χ0) is 26.0. The molecule has 11 heteroatoms. The van der Waals surface area contributed by atoms with E-state index < -0.39 is 11.7 Å². The third kappa shape index (κ3) is 5.94. The first-order valence-corrected chi connectivity index (χ1v) is 13.3. The Morgan fingerprint density at radius 3 is 2.53 bits per heavy atom. The zero-order valence-corrected chi connectivity index (χ0v) is 23.7. The molecule has 1 saturated heterocycles. The molecule has 1 fully saturated rings. The maximum absolute atomic E-state index is 14.1. The molecule has 2 amide bonds. The lowest BCUT2D eigenvalue weighted by atomic mass is 10.1. The molecule has 4 rings (SSSR count). The number of thioether (sulfide) groups is 1. The van der Waals surface area contributed by atoms with Gasteiger partial charge in [0.15, 0.2) is 11.5 Å². The van der Waals surface area contributed by atoms with Crippen molar-refractivity contribution in [3.8, 4) is 11.5 Å². The van der Waals surface area contributed by atoms with E-state index in [9.17, 15) is 14.0 Å². The number of amides is 2. The van der Waals surface area contributed by atoms with Gasteiger partial charge in [0.25, 0.3) is 11.1 Å². The first-order chi connectivity index (χ1) is 17.2. The minimum absolute atomic E-state index is 0.0745. The molecule has 36 heavy (non-hydrogen) atoms. The second-order valence-electron chi connectivity index (χ2n) is 7.54. The van der Waals surface area contributed by atoms with Crippen LogP contribution in [-0.4, -0.2) is 23.2 Å². The fraction of sp³-hybridized carbons (Fsp3) is 0.120. The lowest BCUT2D eigenvalue weighted by molar-refractivity contribution is -0.123.